The van der Waals surface area contributed by atoms with Gasteiger partial charge >= 0.3 is 0 Å². The van der Waals surface area contributed by atoms with Crippen LogP contribution in [0.15, 0.2) is 47.9 Å². The number of sulfone groups is 1. The molecule has 3 unspecified atom stereocenters. The summed E-state index contributed by atoms with van der Waals surface area (Å²) in [5.41, 5.74) is -1.58. The number of fused-ring (bicyclic) bond motifs is 2. The van der Waals surface area contributed by atoms with E-state index >= 15 is 0 Å². The molecule has 36 heavy (non-hydrogen) atoms. The van der Waals surface area contributed by atoms with E-state index in [9.17, 15) is 31.5 Å². The van der Waals surface area contributed by atoms with Crippen molar-refractivity contribution in [3.05, 3.63) is 71.0 Å². The second-order valence-corrected chi connectivity index (χ2v) is 11.9. The van der Waals surface area contributed by atoms with Gasteiger partial charge in [-0.3, -0.25) is 4.79 Å². The fourth-order valence-electron chi connectivity index (χ4n) is 5.43. The third-order valence-electron chi connectivity index (χ3n) is 6.83. The molecule has 2 aromatic rings. The summed E-state index contributed by atoms with van der Waals surface area (Å²) < 4.78 is 73.1. The zero-order valence-corrected chi connectivity index (χ0v) is 20.7. The number of amides is 1. The van der Waals surface area contributed by atoms with Crippen molar-refractivity contribution in [1.82, 2.24) is 0 Å². The highest BCUT2D eigenvalue weighted by Gasteiger charge is 2.54. The van der Waals surface area contributed by atoms with E-state index in [1.54, 1.807) is 6.08 Å². The summed E-state index contributed by atoms with van der Waals surface area (Å²) >= 11 is 6.25. The second-order valence-electron chi connectivity index (χ2n) is 9.40. The minimum absolute atomic E-state index is 0.0695. The van der Waals surface area contributed by atoms with E-state index in [1.165, 1.54) is 12.1 Å². The van der Waals surface area contributed by atoms with Gasteiger partial charge in [0.25, 0.3) is 5.91 Å². The highest BCUT2D eigenvalue weighted by atomic mass is 35.5. The van der Waals surface area contributed by atoms with Gasteiger partial charge in [0.15, 0.2) is 27.3 Å². The van der Waals surface area contributed by atoms with Gasteiger partial charge in [-0.2, -0.15) is 0 Å². The molecule has 0 saturated heterocycles. The number of ether oxygens (including phenoxy) is 1. The summed E-state index contributed by atoms with van der Waals surface area (Å²) in [6.07, 6.45) is 3.33. The number of hydrogen-bond donors (Lipinski definition) is 2. The fourth-order valence-corrected chi connectivity index (χ4v) is 8.28. The minimum Gasteiger partial charge on any atom is -0.387 e. The van der Waals surface area contributed by atoms with Crippen LogP contribution in [0.25, 0.3) is 0 Å². The van der Waals surface area contributed by atoms with Crippen molar-refractivity contribution in [2.45, 2.75) is 41.4 Å². The molecule has 2 aromatic carbocycles. The van der Waals surface area contributed by atoms with E-state index in [-0.39, 0.29) is 59.1 Å². The average molecular weight is 544 g/mol. The van der Waals surface area contributed by atoms with Crippen molar-refractivity contribution in [3.8, 4) is 0 Å². The molecule has 2 aliphatic carbocycles. The van der Waals surface area contributed by atoms with Crippen LogP contribution in [0.4, 0.5) is 18.9 Å². The van der Waals surface area contributed by atoms with Crippen LogP contribution in [0.2, 0.25) is 5.02 Å². The molecule has 4 atom stereocenters. The Morgan fingerprint density at radius 3 is 2.36 bits per heavy atom. The molecule has 0 heterocycles. The Labute approximate surface area is 212 Å². The molecule has 2 fully saturated rings. The maximum atomic E-state index is 13.7. The van der Waals surface area contributed by atoms with Crippen molar-refractivity contribution in [3.63, 3.8) is 0 Å². The number of rotatable bonds is 8. The maximum absolute atomic E-state index is 13.7. The summed E-state index contributed by atoms with van der Waals surface area (Å²) in [7, 11) is -4.00. The molecule has 2 bridgehead atoms. The smallest absolute Gasteiger partial charge is 0.255 e. The molecule has 194 valence electrons. The maximum Gasteiger partial charge on any atom is 0.255 e. The minimum atomic E-state index is -4.00. The lowest BCUT2D eigenvalue weighted by molar-refractivity contribution is -0.0778. The Balaban J connectivity index is 1.57. The van der Waals surface area contributed by atoms with Crippen LogP contribution in [0.1, 0.15) is 36.0 Å². The van der Waals surface area contributed by atoms with E-state index in [4.69, 9.17) is 16.3 Å². The number of carbonyl (C=O) groups is 1. The van der Waals surface area contributed by atoms with Crippen LogP contribution in [0.3, 0.4) is 0 Å². The molecule has 6 nitrogen and oxygen atoms in total. The summed E-state index contributed by atoms with van der Waals surface area (Å²) in [5, 5.41) is 12.4. The summed E-state index contributed by atoms with van der Waals surface area (Å²) in [6.45, 7) is 3.94. The average Bonchev–Trinajstić information content (AvgIpc) is 3.11. The lowest BCUT2D eigenvalue weighted by atomic mass is 9.77. The number of aliphatic hydroxyl groups is 1. The quantitative estimate of drug-likeness (QED) is 0.280. The number of nitrogens with one attached hydrogen (secondary N) is 1. The lowest BCUT2D eigenvalue weighted by Gasteiger charge is -2.40. The van der Waals surface area contributed by atoms with Gasteiger partial charge in [-0.25, -0.2) is 21.6 Å². The van der Waals surface area contributed by atoms with E-state index in [1.807, 2.05) is 0 Å². The molecule has 4 rings (SSSR count). The first kappa shape index (κ1) is 26.7. The Hall–Kier alpha value is -2.40. The molecule has 2 saturated carbocycles. The Morgan fingerprint density at radius 1 is 1.17 bits per heavy atom. The van der Waals surface area contributed by atoms with Crippen LogP contribution in [0, 0.1) is 29.3 Å². The third kappa shape index (κ3) is 5.18. The van der Waals surface area contributed by atoms with Crippen molar-refractivity contribution in [2.75, 3.05) is 18.5 Å². The van der Waals surface area contributed by atoms with Gasteiger partial charge in [-0.1, -0.05) is 17.7 Å². The van der Waals surface area contributed by atoms with E-state index in [2.05, 4.69) is 11.9 Å². The molecule has 0 aliphatic heterocycles. The molecule has 2 N–H and O–H groups in total. The zero-order chi connectivity index (χ0) is 26.3. The Morgan fingerprint density at radius 2 is 1.78 bits per heavy atom. The third-order valence-corrected chi connectivity index (χ3v) is 9.71. The van der Waals surface area contributed by atoms with Gasteiger partial charge in [-0.15, -0.1) is 6.58 Å². The molecule has 0 radical (unpaired) electrons. The molecule has 0 spiro atoms. The normalized spacial score (nSPS) is 25.5. The van der Waals surface area contributed by atoms with Gasteiger partial charge in [-0.05, 0) is 55.7 Å². The fraction of sp³-hybridized carbons (Fsp3) is 0.400. The van der Waals surface area contributed by atoms with Crippen LogP contribution < -0.4 is 5.32 Å². The van der Waals surface area contributed by atoms with Crippen molar-refractivity contribution in [1.29, 1.82) is 0 Å². The highest BCUT2D eigenvalue weighted by molar-refractivity contribution is 7.92. The molecule has 0 aromatic heterocycles. The van der Waals surface area contributed by atoms with Crippen molar-refractivity contribution in [2.24, 2.45) is 11.8 Å². The van der Waals surface area contributed by atoms with Crippen molar-refractivity contribution < 1.29 is 36.2 Å². The summed E-state index contributed by atoms with van der Waals surface area (Å²) in [5.74, 6) is -6.11. The van der Waals surface area contributed by atoms with Crippen molar-refractivity contribution >= 4 is 33.0 Å². The number of benzene rings is 2. The standard InChI is InChI=1S/C25H25ClF3NO5S/c1-2-7-35-13-25(32)11-15-3-4-16(12-25)23(15)36(33,34)21-8-14(5-6-18(21)26)24(31)30-17-9-19(27)22(29)20(28)10-17/h2,5-6,8-10,15-16,23,32H,1,3-4,7,11-13H2,(H,30,31)/t15-,16?,23?,25?/m0/s1. The van der Waals surface area contributed by atoms with Gasteiger partial charge < -0.3 is 15.2 Å². The molecule has 11 heteroatoms. The number of halogens is 4. The highest BCUT2D eigenvalue weighted by Crippen LogP contribution is 2.51. The van der Waals surface area contributed by atoms with Crippen LogP contribution in [-0.4, -0.2) is 43.5 Å². The molecule has 2 aliphatic rings. The Kier molecular flexibility index (Phi) is 7.52. The van der Waals surface area contributed by atoms with Gasteiger partial charge in [0.1, 0.15) is 0 Å². The largest absolute Gasteiger partial charge is 0.387 e. The monoisotopic (exact) mass is 543 g/mol. The van der Waals surface area contributed by atoms with E-state index in [0.717, 1.165) is 6.07 Å². The van der Waals surface area contributed by atoms with Gasteiger partial charge in [0, 0.05) is 23.4 Å². The van der Waals surface area contributed by atoms with Crippen LogP contribution in [0.5, 0.6) is 0 Å². The van der Waals surface area contributed by atoms with Crippen LogP contribution >= 0.6 is 11.6 Å². The number of anilines is 1. The first-order valence-electron chi connectivity index (χ1n) is 11.4. The van der Waals surface area contributed by atoms with Gasteiger partial charge in [0.2, 0.25) is 0 Å². The molecular formula is C25H25ClF3NO5S. The zero-order valence-electron chi connectivity index (χ0n) is 19.1. The summed E-state index contributed by atoms with van der Waals surface area (Å²) in [6, 6.07) is 4.89. The molecular weight excluding hydrogens is 519 g/mol. The Bertz CT molecular complexity index is 1270. The first-order chi connectivity index (χ1) is 16.9. The predicted octanol–water partition coefficient (Wildman–Crippen LogP) is 4.91. The number of hydrogen-bond acceptors (Lipinski definition) is 5. The summed E-state index contributed by atoms with van der Waals surface area (Å²) in [4.78, 5) is 12.5. The molecule has 1 amide bonds. The predicted molar refractivity (Wildman–Crippen MR) is 128 cm³/mol. The SMILES string of the molecule is C=CCOCC1(O)CC2CC[C@@H](C1)C2S(=O)(=O)c1cc(C(=O)Nc2cc(F)c(F)c(F)c2)ccc1Cl. The first-order valence-corrected chi connectivity index (χ1v) is 13.3. The van der Waals surface area contributed by atoms with E-state index in [0.29, 0.717) is 25.0 Å². The van der Waals surface area contributed by atoms with Crippen LogP contribution in [-0.2, 0) is 14.6 Å². The van der Waals surface area contributed by atoms with E-state index < -0.39 is 44.0 Å². The second kappa shape index (κ2) is 10.2. The topological polar surface area (TPSA) is 92.7 Å². The lowest BCUT2D eigenvalue weighted by Crippen LogP contribution is -2.48. The number of carbonyl (C=O) groups excluding carboxylic acids is 1. The van der Waals surface area contributed by atoms with Gasteiger partial charge in [0.05, 0.1) is 34.0 Å².